The van der Waals surface area contributed by atoms with Crippen molar-refractivity contribution in [3.8, 4) is 0 Å². The van der Waals surface area contributed by atoms with Gasteiger partial charge in [-0.15, -0.1) is 0 Å². The molecular formula is C2H7OSn. The molecule has 0 amide bonds. The van der Waals surface area contributed by atoms with Gasteiger partial charge in [0.25, 0.3) is 0 Å². The molecule has 0 heterocycles. The Labute approximate surface area is 39.8 Å². The molecule has 1 nitrogen and oxygen atoms in total. The Morgan fingerprint density at radius 2 is 1.75 bits per heavy atom. The SMILES string of the molecule is C[CH2][Sn].O. The van der Waals surface area contributed by atoms with Crippen LogP contribution in [0.1, 0.15) is 6.92 Å². The standard InChI is InChI=1S/C2H5.H2O.Sn/c1-2;;/h1H2,2H3;1H2;. The Morgan fingerprint density at radius 1 is 1.75 bits per heavy atom. The van der Waals surface area contributed by atoms with Crippen LogP contribution in [0.4, 0.5) is 0 Å². The molecule has 0 aromatic heterocycles. The summed E-state index contributed by atoms with van der Waals surface area (Å²) < 4.78 is 1.34. The van der Waals surface area contributed by atoms with Gasteiger partial charge in [0.05, 0.1) is 0 Å². The molecule has 0 fully saturated rings. The summed E-state index contributed by atoms with van der Waals surface area (Å²) in [6.45, 7) is 2.16. The van der Waals surface area contributed by atoms with Crippen LogP contribution in [0.2, 0.25) is 4.44 Å². The van der Waals surface area contributed by atoms with E-state index in [1.54, 1.807) is 22.5 Å². The molecule has 0 aromatic carbocycles. The molecule has 0 atom stereocenters. The van der Waals surface area contributed by atoms with E-state index in [0.29, 0.717) is 0 Å². The Balaban J connectivity index is 0. The normalized spacial score (nSPS) is 4.50. The van der Waals surface area contributed by atoms with Crippen LogP contribution in [0.25, 0.3) is 0 Å². The molecule has 0 saturated heterocycles. The number of hydrogen-bond donors (Lipinski definition) is 0. The summed E-state index contributed by atoms with van der Waals surface area (Å²) in [4.78, 5) is 0. The maximum absolute atomic E-state index is 2.16. The van der Waals surface area contributed by atoms with Crippen LogP contribution in [0.15, 0.2) is 0 Å². The second-order valence-electron chi connectivity index (χ2n) is 0.354. The van der Waals surface area contributed by atoms with E-state index in [2.05, 4.69) is 6.92 Å². The molecule has 0 spiro atoms. The second kappa shape index (κ2) is 9.25. The minimum absolute atomic E-state index is 0. The summed E-state index contributed by atoms with van der Waals surface area (Å²) >= 11 is 1.64. The smallest absolute Gasteiger partial charge is 0.412 e. The summed E-state index contributed by atoms with van der Waals surface area (Å²) in [6, 6.07) is 0. The van der Waals surface area contributed by atoms with E-state index in [1.165, 1.54) is 4.44 Å². The third-order valence-corrected chi connectivity index (χ3v) is 0. The zero-order valence-electron chi connectivity index (χ0n) is 2.71. The predicted octanol–water partition coefficient (Wildman–Crippen LogP) is -0.232. The summed E-state index contributed by atoms with van der Waals surface area (Å²) in [5, 5.41) is 0. The summed E-state index contributed by atoms with van der Waals surface area (Å²) in [6.07, 6.45) is 0. The van der Waals surface area contributed by atoms with Gasteiger partial charge < -0.3 is 5.48 Å². The fourth-order valence-corrected chi connectivity index (χ4v) is 0. The quantitative estimate of drug-likeness (QED) is 0.445. The molecular weight excluding hydrogens is 159 g/mol. The molecule has 0 aliphatic carbocycles. The Morgan fingerprint density at radius 3 is 1.75 bits per heavy atom. The van der Waals surface area contributed by atoms with Crippen LogP contribution in [0.5, 0.6) is 0 Å². The molecule has 0 aliphatic heterocycles. The van der Waals surface area contributed by atoms with Crippen molar-refractivity contribution in [2.45, 2.75) is 11.4 Å². The summed E-state index contributed by atoms with van der Waals surface area (Å²) in [7, 11) is 0. The van der Waals surface area contributed by atoms with Crippen molar-refractivity contribution in [1.29, 1.82) is 0 Å². The largest absolute Gasteiger partial charge is 0.412 e. The predicted molar refractivity (Wildman–Crippen MR) is 19.8 cm³/mol. The Hall–Kier alpha value is 0.759. The van der Waals surface area contributed by atoms with E-state index in [-0.39, 0.29) is 5.48 Å². The van der Waals surface area contributed by atoms with Gasteiger partial charge in [-0.3, -0.25) is 0 Å². The maximum Gasteiger partial charge on any atom is -0.412 e. The van der Waals surface area contributed by atoms with Gasteiger partial charge in [-0.25, -0.2) is 0 Å². The molecule has 4 heavy (non-hydrogen) atoms. The molecule has 25 valence electrons. The van der Waals surface area contributed by atoms with E-state index in [9.17, 15) is 0 Å². The van der Waals surface area contributed by atoms with Crippen molar-refractivity contribution in [2.24, 2.45) is 0 Å². The summed E-state index contributed by atoms with van der Waals surface area (Å²) in [5.41, 5.74) is 0. The van der Waals surface area contributed by atoms with E-state index in [4.69, 9.17) is 0 Å². The summed E-state index contributed by atoms with van der Waals surface area (Å²) in [5.74, 6) is 0. The molecule has 3 radical (unpaired) electrons. The first kappa shape index (κ1) is 8.83. The average molecular weight is 166 g/mol. The van der Waals surface area contributed by atoms with Crippen LogP contribution in [-0.4, -0.2) is 28.0 Å². The second-order valence-corrected chi connectivity index (χ2v) is 2.37. The zero-order chi connectivity index (χ0) is 2.71. The maximum atomic E-state index is 2.16. The van der Waals surface area contributed by atoms with Crippen LogP contribution >= 0.6 is 0 Å². The molecule has 0 rings (SSSR count). The Bertz CT molecular complexity index is 6.00. The van der Waals surface area contributed by atoms with Crippen molar-refractivity contribution in [2.75, 3.05) is 0 Å². The third-order valence-electron chi connectivity index (χ3n) is 0. The topological polar surface area (TPSA) is 31.5 Å². The van der Waals surface area contributed by atoms with E-state index in [0.717, 1.165) is 0 Å². The minimum atomic E-state index is 0. The van der Waals surface area contributed by atoms with Gasteiger partial charge in [0, 0.05) is 0 Å². The van der Waals surface area contributed by atoms with Gasteiger partial charge in [-0.1, -0.05) is 0 Å². The van der Waals surface area contributed by atoms with Gasteiger partial charge >= 0.3 is 33.9 Å². The van der Waals surface area contributed by atoms with E-state index < -0.39 is 0 Å². The van der Waals surface area contributed by atoms with Gasteiger partial charge in [0.1, 0.15) is 0 Å². The molecule has 0 unspecified atom stereocenters. The Kier molecular flexibility index (Phi) is 20.4. The fraction of sp³-hybridized carbons (Fsp3) is 1.00. The van der Waals surface area contributed by atoms with Gasteiger partial charge in [0.2, 0.25) is 0 Å². The molecule has 2 N–H and O–H groups in total. The zero-order valence-corrected chi connectivity index (χ0v) is 5.56. The van der Waals surface area contributed by atoms with Crippen LogP contribution in [-0.2, 0) is 0 Å². The van der Waals surface area contributed by atoms with Crippen molar-refractivity contribution in [1.82, 2.24) is 0 Å². The van der Waals surface area contributed by atoms with Crippen LogP contribution in [0.3, 0.4) is 0 Å². The third kappa shape index (κ3) is 14.8. The monoisotopic (exact) mass is 167 g/mol. The molecule has 2 heteroatoms. The first-order chi connectivity index (χ1) is 1.41. The molecule has 0 bridgehead atoms. The number of rotatable bonds is 0. The molecule has 0 saturated carbocycles. The number of hydrogen-bond acceptors (Lipinski definition) is 0. The molecule has 0 aromatic rings. The van der Waals surface area contributed by atoms with Crippen molar-refractivity contribution in [3.63, 3.8) is 0 Å². The van der Waals surface area contributed by atoms with Gasteiger partial charge in [-0.2, -0.15) is 0 Å². The van der Waals surface area contributed by atoms with Crippen molar-refractivity contribution < 1.29 is 5.48 Å². The first-order valence-electron chi connectivity index (χ1n) is 1.06. The van der Waals surface area contributed by atoms with Crippen molar-refractivity contribution in [3.05, 3.63) is 0 Å². The van der Waals surface area contributed by atoms with E-state index in [1.807, 2.05) is 0 Å². The van der Waals surface area contributed by atoms with E-state index >= 15 is 0 Å². The van der Waals surface area contributed by atoms with Gasteiger partial charge in [0.15, 0.2) is 0 Å². The van der Waals surface area contributed by atoms with Crippen LogP contribution < -0.4 is 0 Å². The molecule has 0 aliphatic rings. The first-order valence-corrected chi connectivity index (χ1v) is 3.08. The minimum Gasteiger partial charge on any atom is -0.412 e. The van der Waals surface area contributed by atoms with Crippen LogP contribution in [0, 0.1) is 0 Å². The van der Waals surface area contributed by atoms with Crippen molar-refractivity contribution >= 4 is 22.5 Å². The van der Waals surface area contributed by atoms with Gasteiger partial charge in [-0.05, 0) is 0 Å². The average Bonchev–Trinajstić information content (AvgIpc) is 0.918. The fourth-order valence-electron chi connectivity index (χ4n) is 0.